The van der Waals surface area contributed by atoms with Gasteiger partial charge in [0.15, 0.2) is 0 Å². The second kappa shape index (κ2) is 4.51. The van der Waals surface area contributed by atoms with E-state index in [4.69, 9.17) is 4.74 Å². The normalized spacial score (nSPS) is 24.4. The molecule has 0 bridgehead atoms. The highest BCUT2D eigenvalue weighted by atomic mass is 79.9. The van der Waals surface area contributed by atoms with Gasteiger partial charge < -0.3 is 10.1 Å². The second-order valence-corrected chi connectivity index (χ2v) is 5.09. The molecule has 1 aliphatic rings. The Morgan fingerprint density at radius 3 is 3.00 bits per heavy atom. The maximum atomic E-state index is 11.9. The number of nitrogens with zero attached hydrogens (tertiary/aromatic N) is 1. The van der Waals surface area contributed by atoms with E-state index in [1.807, 2.05) is 6.92 Å². The van der Waals surface area contributed by atoms with Crippen LogP contribution in [0.5, 0.6) is 0 Å². The lowest BCUT2D eigenvalue weighted by Crippen LogP contribution is -2.46. The molecule has 1 amide bonds. The molecule has 5 heteroatoms. The Balaban J connectivity index is 2.05. The summed E-state index contributed by atoms with van der Waals surface area (Å²) in [4.78, 5) is 15.9. The predicted molar refractivity (Wildman–Crippen MR) is 63.2 cm³/mol. The number of hydrogen-bond acceptors (Lipinski definition) is 3. The van der Waals surface area contributed by atoms with E-state index in [0.717, 1.165) is 10.9 Å². The lowest BCUT2D eigenvalue weighted by atomic mass is 10.0. The highest BCUT2D eigenvalue weighted by Gasteiger charge is 2.31. The molecular weight excluding hydrogens is 272 g/mol. The number of carbonyl (C=O) groups excluding carboxylic acids is 1. The van der Waals surface area contributed by atoms with E-state index in [0.29, 0.717) is 18.9 Å². The highest BCUT2D eigenvalue weighted by molar-refractivity contribution is 9.10. The van der Waals surface area contributed by atoms with Crippen LogP contribution < -0.4 is 5.32 Å². The molecule has 0 aliphatic carbocycles. The van der Waals surface area contributed by atoms with Gasteiger partial charge in [0.1, 0.15) is 5.69 Å². The number of hydrogen-bond donors (Lipinski definition) is 1. The van der Waals surface area contributed by atoms with E-state index in [2.05, 4.69) is 26.2 Å². The number of pyridine rings is 1. The van der Waals surface area contributed by atoms with Crippen LogP contribution >= 0.6 is 15.9 Å². The molecular formula is C11H13BrN2O2. The monoisotopic (exact) mass is 284 g/mol. The number of amides is 1. The molecule has 2 rings (SSSR count). The van der Waals surface area contributed by atoms with Crippen molar-refractivity contribution in [3.63, 3.8) is 0 Å². The van der Waals surface area contributed by atoms with Crippen molar-refractivity contribution in [1.29, 1.82) is 0 Å². The van der Waals surface area contributed by atoms with Crippen molar-refractivity contribution in [1.82, 2.24) is 10.3 Å². The van der Waals surface area contributed by atoms with Crippen LogP contribution in [0.2, 0.25) is 0 Å². The van der Waals surface area contributed by atoms with E-state index in [1.165, 1.54) is 0 Å². The maximum absolute atomic E-state index is 11.9. The number of ether oxygens (including phenoxy) is 1. The zero-order valence-electron chi connectivity index (χ0n) is 9.00. The molecule has 0 spiro atoms. The van der Waals surface area contributed by atoms with Gasteiger partial charge >= 0.3 is 0 Å². The average molecular weight is 285 g/mol. The molecule has 1 aliphatic heterocycles. The van der Waals surface area contributed by atoms with Crippen LogP contribution in [0, 0.1) is 0 Å². The molecule has 1 N–H and O–H groups in total. The SMILES string of the molecule is CC1(NC(=O)c2ccc(Br)cn2)CCOC1. The van der Waals surface area contributed by atoms with Crippen LogP contribution in [-0.2, 0) is 4.74 Å². The summed E-state index contributed by atoms with van der Waals surface area (Å²) in [6.45, 7) is 3.25. The van der Waals surface area contributed by atoms with Crippen LogP contribution in [0.3, 0.4) is 0 Å². The van der Waals surface area contributed by atoms with E-state index in [-0.39, 0.29) is 11.4 Å². The first-order chi connectivity index (χ1) is 7.59. The lowest BCUT2D eigenvalue weighted by Gasteiger charge is -2.23. The largest absolute Gasteiger partial charge is 0.379 e. The summed E-state index contributed by atoms with van der Waals surface area (Å²) in [5.74, 6) is -0.152. The fourth-order valence-electron chi connectivity index (χ4n) is 1.61. The van der Waals surface area contributed by atoms with E-state index >= 15 is 0 Å². The fourth-order valence-corrected chi connectivity index (χ4v) is 1.85. The molecule has 0 radical (unpaired) electrons. The molecule has 1 fully saturated rings. The Kier molecular flexibility index (Phi) is 3.25. The van der Waals surface area contributed by atoms with Crippen LogP contribution in [0.4, 0.5) is 0 Å². The van der Waals surface area contributed by atoms with Crippen molar-refractivity contribution in [2.24, 2.45) is 0 Å². The molecule has 2 heterocycles. The Morgan fingerprint density at radius 1 is 1.62 bits per heavy atom. The van der Waals surface area contributed by atoms with Crippen molar-refractivity contribution in [2.45, 2.75) is 18.9 Å². The predicted octanol–water partition coefficient (Wildman–Crippen LogP) is 1.75. The molecule has 1 saturated heterocycles. The van der Waals surface area contributed by atoms with Gasteiger partial charge in [-0.3, -0.25) is 4.79 Å². The summed E-state index contributed by atoms with van der Waals surface area (Å²) >= 11 is 3.28. The third-order valence-electron chi connectivity index (χ3n) is 2.59. The molecule has 0 aromatic carbocycles. The molecule has 0 saturated carbocycles. The van der Waals surface area contributed by atoms with Gasteiger partial charge in [0.2, 0.25) is 0 Å². The minimum Gasteiger partial charge on any atom is -0.379 e. The van der Waals surface area contributed by atoms with E-state index in [1.54, 1.807) is 18.3 Å². The van der Waals surface area contributed by atoms with Gasteiger partial charge in [-0.15, -0.1) is 0 Å². The van der Waals surface area contributed by atoms with Gasteiger partial charge in [0.05, 0.1) is 12.1 Å². The molecule has 1 atom stereocenters. The van der Waals surface area contributed by atoms with Crippen molar-refractivity contribution in [2.75, 3.05) is 13.2 Å². The summed E-state index contributed by atoms with van der Waals surface area (Å²) in [5.41, 5.74) is 0.169. The van der Waals surface area contributed by atoms with Crippen molar-refractivity contribution < 1.29 is 9.53 Å². The van der Waals surface area contributed by atoms with Gasteiger partial charge in [-0.05, 0) is 41.4 Å². The molecule has 1 aromatic heterocycles. The first kappa shape index (κ1) is 11.5. The summed E-state index contributed by atoms with van der Waals surface area (Å²) in [5, 5.41) is 2.95. The molecule has 86 valence electrons. The average Bonchev–Trinajstić information content (AvgIpc) is 2.65. The van der Waals surface area contributed by atoms with Gasteiger partial charge in [-0.2, -0.15) is 0 Å². The second-order valence-electron chi connectivity index (χ2n) is 4.18. The van der Waals surface area contributed by atoms with Crippen molar-refractivity contribution >= 4 is 21.8 Å². The van der Waals surface area contributed by atoms with Crippen molar-refractivity contribution in [3.8, 4) is 0 Å². The van der Waals surface area contributed by atoms with Gasteiger partial charge in [0, 0.05) is 17.3 Å². The summed E-state index contributed by atoms with van der Waals surface area (Å²) < 4.78 is 6.13. The zero-order chi connectivity index (χ0) is 11.6. The number of nitrogens with one attached hydrogen (secondary N) is 1. The van der Waals surface area contributed by atoms with Gasteiger partial charge in [0.25, 0.3) is 5.91 Å². The number of halogens is 1. The smallest absolute Gasteiger partial charge is 0.270 e. The molecule has 1 unspecified atom stereocenters. The quantitative estimate of drug-likeness (QED) is 0.900. The van der Waals surface area contributed by atoms with Crippen LogP contribution in [0.1, 0.15) is 23.8 Å². The standard InChI is InChI=1S/C11H13BrN2O2/c1-11(4-5-16-7-11)14-10(15)9-3-2-8(12)6-13-9/h2-3,6H,4-5,7H2,1H3,(H,14,15). The minimum absolute atomic E-state index is 0.152. The van der Waals surface area contributed by atoms with E-state index < -0.39 is 0 Å². The van der Waals surface area contributed by atoms with Crippen molar-refractivity contribution in [3.05, 3.63) is 28.5 Å². The van der Waals surface area contributed by atoms with Crippen LogP contribution in [0.25, 0.3) is 0 Å². The maximum Gasteiger partial charge on any atom is 0.270 e. The van der Waals surface area contributed by atoms with Gasteiger partial charge in [-0.1, -0.05) is 0 Å². The highest BCUT2D eigenvalue weighted by Crippen LogP contribution is 2.18. The van der Waals surface area contributed by atoms with Crippen LogP contribution in [0.15, 0.2) is 22.8 Å². The Morgan fingerprint density at radius 2 is 2.44 bits per heavy atom. The summed E-state index contributed by atoms with van der Waals surface area (Å²) in [7, 11) is 0. The first-order valence-corrected chi connectivity index (χ1v) is 5.90. The summed E-state index contributed by atoms with van der Waals surface area (Å²) in [6, 6.07) is 3.49. The topological polar surface area (TPSA) is 51.2 Å². The lowest BCUT2D eigenvalue weighted by molar-refractivity contribution is 0.0885. The Hall–Kier alpha value is -0.940. The number of aromatic nitrogens is 1. The minimum atomic E-state index is -0.258. The van der Waals surface area contributed by atoms with E-state index in [9.17, 15) is 4.79 Å². The third kappa shape index (κ3) is 2.59. The number of carbonyl (C=O) groups is 1. The Labute approximate surface area is 103 Å². The molecule has 4 nitrogen and oxygen atoms in total. The third-order valence-corrected chi connectivity index (χ3v) is 3.06. The van der Waals surface area contributed by atoms with Gasteiger partial charge in [-0.25, -0.2) is 4.98 Å². The fraction of sp³-hybridized carbons (Fsp3) is 0.455. The molecule has 16 heavy (non-hydrogen) atoms. The zero-order valence-corrected chi connectivity index (χ0v) is 10.6. The summed E-state index contributed by atoms with van der Waals surface area (Å²) in [6.07, 6.45) is 2.46. The first-order valence-electron chi connectivity index (χ1n) is 5.11. The molecule has 1 aromatic rings. The Bertz CT molecular complexity index is 385. The number of rotatable bonds is 2. The van der Waals surface area contributed by atoms with Crippen LogP contribution in [-0.4, -0.2) is 29.6 Å².